The minimum atomic E-state index is -3.29. The molecule has 1 aliphatic rings. The maximum Gasteiger partial charge on any atom is 0.223 e. The number of hydrogen-bond acceptors (Lipinski definition) is 7. The van der Waals surface area contributed by atoms with E-state index in [1.54, 1.807) is 6.20 Å². The molecule has 0 saturated carbocycles. The summed E-state index contributed by atoms with van der Waals surface area (Å²) in [4.78, 5) is 13.4. The van der Waals surface area contributed by atoms with Crippen molar-refractivity contribution in [3.05, 3.63) is 24.3 Å². The fourth-order valence-corrected chi connectivity index (χ4v) is 5.22. The van der Waals surface area contributed by atoms with Crippen LogP contribution in [0.25, 0.3) is 11.4 Å². The predicted molar refractivity (Wildman–Crippen MR) is 112 cm³/mol. The minimum absolute atomic E-state index is 0.00426. The van der Waals surface area contributed by atoms with E-state index in [1.165, 1.54) is 4.31 Å². The molecule has 2 aromatic rings. The number of aromatic nitrogens is 4. The Morgan fingerprint density at radius 3 is 2.66 bits per heavy atom. The number of piperidine rings is 1. The fourth-order valence-electron chi connectivity index (χ4n) is 3.70. The van der Waals surface area contributed by atoms with Gasteiger partial charge in [-0.1, -0.05) is 0 Å². The molecule has 3 heterocycles. The third kappa shape index (κ3) is 5.12. The van der Waals surface area contributed by atoms with Gasteiger partial charge in [0, 0.05) is 38.0 Å². The summed E-state index contributed by atoms with van der Waals surface area (Å²) in [6.07, 6.45) is 5.21. The summed E-state index contributed by atoms with van der Waals surface area (Å²) in [6, 6.07) is 2.26. The largest absolute Gasteiger partial charge is 0.396 e. The van der Waals surface area contributed by atoms with Crippen molar-refractivity contribution < 1.29 is 13.5 Å². The van der Waals surface area contributed by atoms with E-state index >= 15 is 0 Å². The Morgan fingerprint density at radius 1 is 1.28 bits per heavy atom. The fraction of sp³-hybridized carbons (Fsp3) is 0.632. The first-order chi connectivity index (χ1) is 13.8. The van der Waals surface area contributed by atoms with E-state index in [2.05, 4.69) is 38.7 Å². The molecule has 0 bridgehead atoms. The molecule has 160 valence electrons. The Balaban J connectivity index is 1.65. The Morgan fingerprint density at radius 2 is 2.00 bits per heavy atom. The molecule has 0 aliphatic carbocycles. The summed E-state index contributed by atoms with van der Waals surface area (Å²) in [6.45, 7) is 7.02. The quantitative estimate of drug-likeness (QED) is 0.667. The lowest BCUT2D eigenvalue weighted by molar-refractivity contribution is 0.291. The number of nitrogens with one attached hydrogen (secondary N) is 1. The lowest BCUT2D eigenvalue weighted by Crippen LogP contribution is -2.43. The Bertz CT molecular complexity index is 920. The highest BCUT2D eigenvalue weighted by atomic mass is 32.2. The average Bonchev–Trinajstić information content (AvgIpc) is 3.09. The van der Waals surface area contributed by atoms with Crippen LogP contribution in [0, 0.1) is 6.92 Å². The van der Waals surface area contributed by atoms with Gasteiger partial charge in [-0.2, -0.15) is 0 Å². The molecule has 9 nitrogen and oxygen atoms in total. The second-order valence-electron chi connectivity index (χ2n) is 7.63. The van der Waals surface area contributed by atoms with E-state index in [-0.39, 0.29) is 30.9 Å². The van der Waals surface area contributed by atoms with Gasteiger partial charge in [-0.15, -0.1) is 0 Å². The predicted octanol–water partition coefficient (Wildman–Crippen LogP) is 1.82. The highest BCUT2D eigenvalue weighted by molar-refractivity contribution is 7.89. The van der Waals surface area contributed by atoms with Crippen molar-refractivity contribution in [2.75, 3.05) is 30.8 Å². The monoisotopic (exact) mass is 422 g/mol. The van der Waals surface area contributed by atoms with Crippen molar-refractivity contribution in [3.63, 3.8) is 0 Å². The van der Waals surface area contributed by atoms with Gasteiger partial charge in [0.2, 0.25) is 16.0 Å². The summed E-state index contributed by atoms with van der Waals surface area (Å²) >= 11 is 0. The Kier molecular flexibility index (Phi) is 6.86. The van der Waals surface area contributed by atoms with Crippen molar-refractivity contribution in [2.24, 2.45) is 0 Å². The number of sulfonamides is 1. The molecule has 0 atom stereocenters. The lowest BCUT2D eigenvalue weighted by atomic mass is 10.1. The molecular weight excluding hydrogens is 392 g/mol. The van der Waals surface area contributed by atoms with E-state index in [1.807, 2.05) is 19.2 Å². The number of imidazole rings is 1. The maximum atomic E-state index is 12.3. The molecule has 2 aromatic heterocycles. The Labute approximate surface area is 172 Å². The van der Waals surface area contributed by atoms with Gasteiger partial charge in [0.15, 0.2) is 0 Å². The summed E-state index contributed by atoms with van der Waals surface area (Å²) in [5, 5.41) is 12.2. The van der Waals surface area contributed by atoms with E-state index in [4.69, 9.17) is 5.11 Å². The van der Waals surface area contributed by atoms with Crippen LogP contribution < -0.4 is 5.32 Å². The van der Waals surface area contributed by atoms with Crippen LogP contribution in [0.4, 0.5) is 5.95 Å². The van der Waals surface area contributed by atoms with Crippen molar-refractivity contribution in [2.45, 2.75) is 52.1 Å². The van der Waals surface area contributed by atoms with Gasteiger partial charge in [0.1, 0.15) is 5.82 Å². The topological polar surface area (TPSA) is 113 Å². The molecule has 0 amide bonds. The average molecular weight is 423 g/mol. The van der Waals surface area contributed by atoms with Crippen molar-refractivity contribution in [1.29, 1.82) is 0 Å². The van der Waals surface area contributed by atoms with Crippen LogP contribution in [0.15, 0.2) is 18.5 Å². The van der Waals surface area contributed by atoms with Crippen LogP contribution in [-0.2, 0) is 10.0 Å². The van der Waals surface area contributed by atoms with Gasteiger partial charge in [-0.25, -0.2) is 27.7 Å². The second-order valence-corrected chi connectivity index (χ2v) is 9.72. The van der Waals surface area contributed by atoms with E-state index in [0.717, 1.165) is 17.2 Å². The van der Waals surface area contributed by atoms with Gasteiger partial charge in [0.05, 0.1) is 23.3 Å². The first kappa shape index (κ1) is 21.7. The summed E-state index contributed by atoms with van der Waals surface area (Å²) in [5.74, 6) is 1.48. The number of nitrogens with zero attached hydrogens (tertiary/aromatic N) is 5. The Hall–Kier alpha value is -2.04. The summed E-state index contributed by atoms with van der Waals surface area (Å²) in [5.41, 5.74) is 1.76. The molecule has 1 fully saturated rings. The van der Waals surface area contributed by atoms with Crippen molar-refractivity contribution in [1.82, 2.24) is 23.8 Å². The molecule has 2 N–H and O–H groups in total. The SMILES string of the molecule is Cc1ncc(-c2ccnc(NC3CCN(S(=O)(=O)CCCO)CC3)n2)n1C(C)C. The van der Waals surface area contributed by atoms with Crippen LogP contribution in [0.2, 0.25) is 0 Å². The van der Waals surface area contributed by atoms with Crippen LogP contribution in [0.3, 0.4) is 0 Å². The molecule has 0 unspecified atom stereocenters. The van der Waals surface area contributed by atoms with Crippen LogP contribution in [0.5, 0.6) is 0 Å². The van der Waals surface area contributed by atoms with Gasteiger partial charge < -0.3 is 15.0 Å². The smallest absolute Gasteiger partial charge is 0.223 e. The standard InChI is InChI=1S/C19H30N6O3S/c1-14(2)25-15(3)21-13-18(25)17-5-8-20-19(23-17)22-16-6-9-24(10-7-16)29(27,28)12-4-11-26/h5,8,13-14,16,26H,4,6-7,9-12H2,1-3H3,(H,20,22,23). The van der Waals surface area contributed by atoms with Crippen LogP contribution in [0.1, 0.15) is 45.0 Å². The molecule has 0 radical (unpaired) electrons. The zero-order chi connectivity index (χ0) is 21.0. The number of hydrogen-bond donors (Lipinski definition) is 2. The number of aliphatic hydroxyl groups excluding tert-OH is 1. The first-order valence-electron chi connectivity index (χ1n) is 10.0. The van der Waals surface area contributed by atoms with Crippen LogP contribution in [-0.4, -0.2) is 68.8 Å². The first-order valence-corrected chi connectivity index (χ1v) is 11.6. The lowest BCUT2D eigenvalue weighted by Gasteiger charge is -2.31. The van der Waals surface area contributed by atoms with Gasteiger partial charge in [-0.05, 0) is 46.1 Å². The molecule has 1 aliphatic heterocycles. The summed E-state index contributed by atoms with van der Waals surface area (Å²) < 4.78 is 28.2. The van der Waals surface area contributed by atoms with Gasteiger partial charge in [0.25, 0.3) is 0 Å². The number of rotatable bonds is 8. The van der Waals surface area contributed by atoms with E-state index < -0.39 is 10.0 Å². The number of aryl methyl sites for hydroxylation is 1. The zero-order valence-corrected chi connectivity index (χ0v) is 18.1. The molecule has 0 spiro atoms. The highest BCUT2D eigenvalue weighted by Crippen LogP contribution is 2.24. The molecule has 10 heteroatoms. The molecule has 29 heavy (non-hydrogen) atoms. The second kappa shape index (κ2) is 9.19. The van der Waals surface area contributed by atoms with Crippen molar-refractivity contribution >= 4 is 16.0 Å². The zero-order valence-electron chi connectivity index (χ0n) is 17.2. The normalized spacial score (nSPS) is 16.4. The van der Waals surface area contributed by atoms with E-state index in [9.17, 15) is 8.42 Å². The molecule has 0 aromatic carbocycles. The van der Waals surface area contributed by atoms with Crippen molar-refractivity contribution in [3.8, 4) is 11.4 Å². The van der Waals surface area contributed by atoms with Crippen LogP contribution >= 0.6 is 0 Å². The minimum Gasteiger partial charge on any atom is -0.396 e. The van der Waals surface area contributed by atoms with Gasteiger partial charge in [-0.3, -0.25) is 0 Å². The van der Waals surface area contributed by atoms with Gasteiger partial charge >= 0.3 is 0 Å². The summed E-state index contributed by atoms with van der Waals surface area (Å²) in [7, 11) is -3.29. The third-order valence-corrected chi connectivity index (χ3v) is 7.11. The molecule has 1 saturated heterocycles. The highest BCUT2D eigenvalue weighted by Gasteiger charge is 2.28. The molecule has 3 rings (SSSR count). The number of anilines is 1. The number of aliphatic hydroxyl groups is 1. The third-order valence-electron chi connectivity index (χ3n) is 5.16. The van der Waals surface area contributed by atoms with E-state index in [0.29, 0.717) is 31.9 Å². The maximum absolute atomic E-state index is 12.3. The molecular formula is C19H30N6O3S.